The number of hydrogen-bond donors (Lipinski definition) is 2. The molecule has 1 aliphatic carbocycles. The Kier molecular flexibility index (Phi) is 6.79. The van der Waals surface area contributed by atoms with E-state index in [9.17, 15) is 19.8 Å². The predicted molar refractivity (Wildman–Crippen MR) is 117 cm³/mol. The maximum atomic E-state index is 12.4. The van der Waals surface area contributed by atoms with Crippen LogP contribution in [0.5, 0.6) is 5.75 Å². The molecule has 0 heterocycles. The maximum absolute atomic E-state index is 12.4. The number of hydrogen-bond acceptors (Lipinski definition) is 4. The van der Waals surface area contributed by atoms with Crippen LogP contribution in [0.4, 0.5) is 0 Å². The molecule has 1 amide bonds. The van der Waals surface area contributed by atoms with Gasteiger partial charge in [-0.15, -0.1) is 0 Å². The summed E-state index contributed by atoms with van der Waals surface area (Å²) in [6, 6.07) is 16.4. The van der Waals surface area contributed by atoms with Crippen molar-refractivity contribution in [1.29, 1.82) is 0 Å². The number of carboxylic acid groups (broad SMARTS) is 1. The number of carbonyl (C=O) groups excluding carboxylic acids is 1. The molecule has 0 bridgehead atoms. The molecular formula is C22H22INO5. The summed E-state index contributed by atoms with van der Waals surface area (Å²) in [5.41, 5.74) is 0.838. The van der Waals surface area contributed by atoms with E-state index < -0.39 is 18.1 Å². The van der Waals surface area contributed by atoms with Crippen molar-refractivity contribution in [3.8, 4) is 5.75 Å². The Bertz CT molecular complexity index is 928. The second-order valence-electron chi connectivity index (χ2n) is 6.93. The first kappa shape index (κ1) is 21.2. The SMILES string of the molecule is CC(=O)N(Cc1ccccc1)C1CC(C(=O)O)=C(O)C(Oc2ccccc2I)C1. The second kappa shape index (κ2) is 9.30. The highest BCUT2D eigenvalue weighted by Gasteiger charge is 2.37. The van der Waals surface area contributed by atoms with Crippen LogP contribution in [0.3, 0.4) is 0 Å². The Labute approximate surface area is 182 Å². The van der Waals surface area contributed by atoms with Crippen LogP contribution in [-0.2, 0) is 16.1 Å². The summed E-state index contributed by atoms with van der Waals surface area (Å²) in [6.07, 6.45) is -0.465. The Morgan fingerprint density at radius 3 is 2.41 bits per heavy atom. The van der Waals surface area contributed by atoms with E-state index in [1.165, 1.54) is 6.92 Å². The third-order valence-corrected chi connectivity index (χ3v) is 5.84. The van der Waals surface area contributed by atoms with Gasteiger partial charge in [-0.05, 0) is 40.3 Å². The van der Waals surface area contributed by atoms with Gasteiger partial charge in [-0.3, -0.25) is 4.79 Å². The van der Waals surface area contributed by atoms with E-state index in [0.717, 1.165) is 9.13 Å². The summed E-state index contributed by atoms with van der Waals surface area (Å²) >= 11 is 2.12. The monoisotopic (exact) mass is 507 g/mol. The zero-order chi connectivity index (χ0) is 21.0. The minimum absolute atomic E-state index is 0.0688. The van der Waals surface area contributed by atoms with Crippen molar-refractivity contribution in [3.05, 3.63) is 75.1 Å². The fourth-order valence-corrected chi connectivity index (χ4v) is 4.00. The molecule has 0 aliphatic heterocycles. The summed E-state index contributed by atoms with van der Waals surface area (Å²) in [7, 11) is 0. The van der Waals surface area contributed by atoms with Gasteiger partial charge in [0.2, 0.25) is 5.91 Å². The van der Waals surface area contributed by atoms with Crippen LogP contribution in [-0.4, -0.2) is 39.1 Å². The van der Waals surface area contributed by atoms with Crippen LogP contribution in [0.1, 0.15) is 25.3 Å². The van der Waals surface area contributed by atoms with Crippen LogP contribution in [0, 0.1) is 3.57 Å². The standard InChI is InChI=1S/C22H22INO5/c1-14(25)24(13-15-7-3-2-4-8-15)16-11-17(22(27)28)21(26)20(12-16)29-19-10-6-5-9-18(19)23/h2-10,16,20,26H,11-13H2,1H3,(H,27,28). The number of rotatable bonds is 6. The van der Waals surface area contributed by atoms with Crippen molar-refractivity contribution in [3.63, 3.8) is 0 Å². The number of aliphatic carboxylic acids is 1. The zero-order valence-corrected chi connectivity index (χ0v) is 18.1. The fourth-order valence-electron chi connectivity index (χ4n) is 3.49. The van der Waals surface area contributed by atoms with Crippen LogP contribution >= 0.6 is 22.6 Å². The van der Waals surface area contributed by atoms with E-state index in [1.807, 2.05) is 48.5 Å². The normalized spacial score (nSPS) is 19.0. The van der Waals surface area contributed by atoms with Gasteiger partial charge in [-0.1, -0.05) is 42.5 Å². The number of aliphatic hydroxyl groups is 1. The molecule has 7 heteroatoms. The molecule has 2 unspecified atom stereocenters. The van der Waals surface area contributed by atoms with Crippen molar-refractivity contribution < 1.29 is 24.5 Å². The molecule has 0 fully saturated rings. The lowest BCUT2D eigenvalue weighted by Gasteiger charge is -2.37. The average Bonchev–Trinajstić information content (AvgIpc) is 2.70. The van der Waals surface area contributed by atoms with E-state index in [0.29, 0.717) is 18.7 Å². The van der Waals surface area contributed by atoms with Crippen LogP contribution < -0.4 is 4.74 Å². The number of halogens is 1. The van der Waals surface area contributed by atoms with Gasteiger partial charge in [-0.25, -0.2) is 4.79 Å². The number of ether oxygens (including phenoxy) is 1. The molecule has 3 rings (SSSR count). The molecular weight excluding hydrogens is 485 g/mol. The van der Waals surface area contributed by atoms with Crippen molar-refractivity contribution in [1.82, 2.24) is 4.90 Å². The molecule has 6 nitrogen and oxygen atoms in total. The molecule has 0 spiro atoms. The van der Waals surface area contributed by atoms with Crippen molar-refractivity contribution >= 4 is 34.5 Å². The highest BCUT2D eigenvalue weighted by Crippen LogP contribution is 2.33. The van der Waals surface area contributed by atoms with E-state index >= 15 is 0 Å². The highest BCUT2D eigenvalue weighted by molar-refractivity contribution is 14.1. The van der Waals surface area contributed by atoms with E-state index in [2.05, 4.69) is 22.6 Å². The van der Waals surface area contributed by atoms with Gasteiger partial charge in [0, 0.05) is 32.4 Å². The predicted octanol–water partition coefficient (Wildman–Crippen LogP) is 4.15. The van der Waals surface area contributed by atoms with Gasteiger partial charge in [-0.2, -0.15) is 0 Å². The third-order valence-electron chi connectivity index (χ3n) is 4.95. The Morgan fingerprint density at radius 2 is 1.79 bits per heavy atom. The first-order valence-electron chi connectivity index (χ1n) is 9.24. The number of amides is 1. The lowest BCUT2D eigenvalue weighted by molar-refractivity contribution is -0.136. The Balaban J connectivity index is 1.90. The molecule has 0 radical (unpaired) electrons. The quantitative estimate of drug-likeness (QED) is 0.574. The first-order chi connectivity index (χ1) is 13.9. The number of para-hydroxylation sites is 1. The zero-order valence-electron chi connectivity index (χ0n) is 15.9. The maximum Gasteiger partial charge on any atom is 0.335 e. The largest absolute Gasteiger partial charge is 0.508 e. The number of carbonyl (C=O) groups is 2. The number of benzene rings is 2. The minimum Gasteiger partial charge on any atom is -0.508 e. The van der Waals surface area contributed by atoms with Crippen molar-refractivity contribution in [2.45, 2.75) is 38.5 Å². The topological polar surface area (TPSA) is 87.1 Å². The molecule has 2 atom stereocenters. The van der Waals surface area contributed by atoms with Gasteiger partial charge in [0.25, 0.3) is 0 Å². The van der Waals surface area contributed by atoms with E-state index in [-0.39, 0.29) is 23.7 Å². The molecule has 2 aromatic carbocycles. The van der Waals surface area contributed by atoms with Gasteiger partial charge in [0.1, 0.15) is 11.5 Å². The molecule has 0 saturated carbocycles. The van der Waals surface area contributed by atoms with Crippen molar-refractivity contribution in [2.24, 2.45) is 0 Å². The molecule has 0 saturated heterocycles. The fraction of sp³-hybridized carbons (Fsp3) is 0.273. The van der Waals surface area contributed by atoms with Crippen LogP contribution in [0.15, 0.2) is 65.9 Å². The lowest BCUT2D eigenvalue weighted by atomic mass is 9.89. The van der Waals surface area contributed by atoms with Crippen LogP contribution in [0.2, 0.25) is 0 Å². The van der Waals surface area contributed by atoms with Gasteiger partial charge in [0.05, 0.1) is 9.14 Å². The number of carboxylic acids is 1. The number of nitrogens with zero attached hydrogens (tertiary/aromatic N) is 1. The summed E-state index contributed by atoms with van der Waals surface area (Å²) in [5, 5.41) is 20.1. The summed E-state index contributed by atoms with van der Waals surface area (Å²) < 4.78 is 6.82. The third kappa shape index (κ3) is 5.09. The van der Waals surface area contributed by atoms with E-state index in [4.69, 9.17) is 4.74 Å². The van der Waals surface area contributed by atoms with Gasteiger partial charge in [0.15, 0.2) is 6.10 Å². The molecule has 1 aliphatic rings. The average molecular weight is 507 g/mol. The Morgan fingerprint density at radius 1 is 1.14 bits per heavy atom. The highest BCUT2D eigenvalue weighted by atomic mass is 127. The second-order valence-corrected chi connectivity index (χ2v) is 8.09. The summed E-state index contributed by atoms with van der Waals surface area (Å²) in [5.74, 6) is -1.08. The molecule has 2 N–H and O–H groups in total. The smallest absolute Gasteiger partial charge is 0.335 e. The minimum atomic E-state index is -1.20. The number of aliphatic hydroxyl groups excluding tert-OH is 1. The summed E-state index contributed by atoms with van der Waals surface area (Å²) in [4.78, 5) is 25.8. The van der Waals surface area contributed by atoms with Gasteiger partial charge < -0.3 is 19.8 Å². The van der Waals surface area contributed by atoms with Crippen molar-refractivity contribution in [2.75, 3.05) is 0 Å². The molecule has 152 valence electrons. The lowest BCUT2D eigenvalue weighted by Crippen LogP contribution is -2.45. The molecule has 29 heavy (non-hydrogen) atoms. The first-order valence-corrected chi connectivity index (χ1v) is 10.3. The van der Waals surface area contributed by atoms with Crippen LogP contribution in [0.25, 0.3) is 0 Å². The summed E-state index contributed by atoms with van der Waals surface area (Å²) in [6.45, 7) is 1.83. The van der Waals surface area contributed by atoms with Gasteiger partial charge >= 0.3 is 5.97 Å². The Hall–Kier alpha value is -2.55. The van der Waals surface area contributed by atoms with E-state index in [1.54, 1.807) is 11.0 Å². The molecule has 2 aromatic rings. The molecule has 0 aromatic heterocycles.